The highest BCUT2D eigenvalue weighted by molar-refractivity contribution is 7.91. The van der Waals surface area contributed by atoms with Crippen LogP contribution in [0.1, 0.15) is 13.3 Å². The molecule has 0 radical (unpaired) electrons. The van der Waals surface area contributed by atoms with E-state index in [-0.39, 0.29) is 0 Å². The Morgan fingerprint density at radius 1 is 1.16 bits per heavy atom. The Morgan fingerprint density at radius 2 is 1.95 bits per heavy atom. The number of aromatic nitrogens is 1. The minimum Gasteiger partial charge on any atom is -0.244 e. The first-order chi connectivity index (χ1) is 9.05. The second-order valence-electron chi connectivity index (χ2n) is 4.98. The minimum atomic E-state index is -3.47. The molecule has 0 N–H and O–H groups in total. The molecule has 3 nitrogen and oxygen atoms in total. The maximum atomic E-state index is 12.9. The van der Waals surface area contributed by atoms with E-state index in [1.54, 1.807) is 25.3 Å². The van der Waals surface area contributed by atoms with Crippen LogP contribution in [0.4, 0.5) is 0 Å². The fourth-order valence-corrected chi connectivity index (χ4v) is 4.04. The number of para-hydroxylation sites is 1. The highest BCUT2D eigenvalue weighted by atomic mass is 32.2. The number of allylic oxidation sites excluding steroid dienone is 3. The van der Waals surface area contributed by atoms with Gasteiger partial charge in [-0.25, -0.2) is 12.4 Å². The lowest BCUT2D eigenvalue weighted by molar-refractivity contribution is 0.555. The van der Waals surface area contributed by atoms with E-state index in [2.05, 4.69) is 0 Å². The number of benzene rings is 1. The van der Waals surface area contributed by atoms with E-state index in [1.165, 1.54) is 3.97 Å². The highest BCUT2D eigenvalue weighted by Crippen LogP contribution is 2.31. The third-order valence-corrected chi connectivity index (χ3v) is 5.95. The van der Waals surface area contributed by atoms with Gasteiger partial charge in [-0.1, -0.05) is 42.5 Å². The number of hydrogen-bond donors (Lipinski definition) is 0. The van der Waals surface area contributed by atoms with Crippen molar-refractivity contribution < 1.29 is 8.42 Å². The number of rotatable bonds is 2. The quantitative estimate of drug-likeness (QED) is 0.843. The molecule has 1 heterocycles. The van der Waals surface area contributed by atoms with Gasteiger partial charge in [0.2, 0.25) is 10.0 Å². The fourth-order valence-electron chi connectivity index (χ4n) is 2.39. The lowest BCUT2D eigenvalue weighted by atomic mass is 10.0. The Hall–Kier alpha value is -1.81. The zero-order valence-corrected chi connectivity index (χ0v) is 11.5. The van der Waals surface area contributed by atoms with Crippen molar-refractivity contribution in [1.29, 1.82) is 0 Å². The second kappa shape index (κ2) is 4.10. The molecule has 0 bridgehead atoms. The predicted octanol–water partition coefficient (Wildman–Crippen LogP) is 3.09. The summed E-state index contributed by atoms with van der Waals surface area (Å²) in [5.74, 6) is 0. The van der Waals surface area contributed by atoms with Gasteiger partial charge in [0.25, 0.3) is 0 Å². The normalized spacial score (nSPS) is 23.0. The molecule has 0 aliphatic heterocycles. The number of nitrogens with zero attached hydrogens (tertiary/aromatic N) is 1. The molecule has 1 aliphatic carbocycles. The molecule has 4 heteroatoms. The van der Waals surface area contributed by atoms with E-state index in [1.807, 2.05) is 42.5 Å². The van der Waals surface area contributed by atoms with Gasteiger partial charge in [-0.3, -0.25) is 0 Å². The summed E-state index contributed by atoms with van der Waals surface area (Å²) in [4.78, 5) is 0. The molecule has 1 unspecified atom stereocenters. The van der Waals surface area contributed by atoms with Gasteiger partial charge in [0.05, 0.1) is 5.52 Å². The summed E-state index contributed by atoms with van der Waals surface area (Å²) < 4.78 is 26.2. The summed E-state index contributed by atoms with van der Waals surface area (Å²) in [5.41, 5.74) is 0.728. The molecule has 0 spiro atoms. The van der Waals surface area contributed by atoms with Crippen LogP contribution in [0, 0.1) is 0 Å². The van der Waals surface area contributed by atoms with Gasteiger partial charge in [-0.05, 0) is 25.5 Å². The molecule has 0 fully saturated rings. The number of hydrogen-bond acceptors (Lipinski definition) is 2. The largest absolute Gasteiger partial charge is 0.248 e. The van der Waals surface area contributed by atoms with E-state index < -0.39 is 14.8 Å². The summed E-state index contributed by atoms with van der Waals surface area (Å²) in [5, 5.41) is 0.935. The van der Waals surface area contributed by atoms with Crippen LogP contribution in [0.2, 0.25) is 0 Å². The van der Waals surface area contributed by atoms with E-state index in [0.717, 1.165) is 10.9 Å². The van der Waals surface area contributed by atoms with Gasteiger partial charge in [0.1, 0.15) is 4.75 Å². The summed E-state index contributed by atoms with van der Waals surface area (Å²) in [6.45, 7) is 1.76. The maximum absolute atomic E-state index is 12.9. The van der Waals surface area contributed by atoms with Crippen LogP contribution < -0.4 is 0 Å². The van der Waals surface area contributed by atoms with Crippen molar-refractivity contribution in [2.75, 3.05) is 0 Å². The Bertz CT molecular complexity index is 783. The van der Waals surface area contributed by atoms with Crippen LogP contribution in [-0.2, 0) is 10.0 Å². The third kappa shape index (κ3) is 1.75. The monoisotopic (exact) mass is 273 g/mol. The van der Waals surface area contributed by atoms with Gasteiger partial charge in [-0.2, -0.15) is 0 Å². The molecular weight excluding hydrogens is 258 g/mol. The molecule has 1 aromatic carbocycles. The molecule has 1 atom stereocenters. The SMILES string of the molecule is CC1(S(=O)(=O)n2ccc3ccccc32)C=CC=CC1. The van der Waals surface area contributed by atoms with E-state index >= 15 is 0 Å². The molecule has 19 heavy (non-hydrogen) atoms. The molecule has 0 saturated heterocycles. The first kappa shape index (κ1) is 12.2. The Labute approximate surface area is 112 Å². The summed E-state index contributed by atoms with van der Waals surface area (Å²) >= 11 is 0. The fraction of sp³-hybridized carbons (Fsp3) is 0.200. The Kier molecular flexibility index (Phi) is 2.64. The van der Waals surface area contributed by atoms with Gasteiger partial charge < -0.3 is 0 Å². The molecule has 1 aliphatic rings. The van der Waals surface area contributed by atoms with Gasteiger partial charge in [0, 0.05) is 11.6 Å². The van der Waals surface area contributed by atoms with Crippen molar-refractivity contribution in [2.45, 2.75) is 18.1 Å². The molecule has 3 rings (SSSR count). The second-order valence-corrected chi connectivity index (χ2v) is 7.26. The van der Waals surface area contributed by atoms with Crippen LogP contribution in [-0.4, -0.2) is 17.1 Å². The van der Waals surface area contributed by atoms with E-state index in [0.29, 0.717) is 6.42 Å². The molecule has 98 valence electrons. The van der Waals surface area contributed by atoms with Gasteiger partial charge in [-0.15, -0.1) is 0 Å². The molecule has 1 aromatic heterocycles. The predicted molar refractivity (Wildman–Crippen MR) is 77.6 cm³/mol. The highest BCUT2D eigenvalue weighted by Gasteiger charge is 2.38. The average molecular weight is 273 g/mol. The first-order valence-corrected chi connectivity index (χ1v) is 7.64. The van der Waals surface area contributed by atoms with Crippen LogP contribution >= 0.6 is 0 Å². The Balaban J connectivity index is 2.20. The maximum Gasteiger partial charge on any atom is 0.248 e. The van der Waals surface area contributed by atoms with Crippen LogP contribution in [0.15, 0.2) is 60.8 Å². The van der Waals surface area contributed by atoms with Gasteiger partial charge >= 0.3 is 0 Å². The summed E-state index contributed by atoms with van der Waals surface area (Å²) in [6, 6.07) is 9.34. The third-order valence-electron chi connectivity index (χ3n) is 3.63. The smallest absolute Gasteiger partial charge is 0.244 e. The van der Waals surface area contributed by atoms with Crippen molar-refractivity contribution >= 4 is 20.9 Å². The molecular formula is C15H15NO2S. The Morgan fingerprint density at radius 3 is 2.68 bits per heavy atom. The zero-order chi connectivity index (χ0) is 13.5. The molecule has 0 saturated carbocycles. The van der Waals surface area contributed by atoms with E-state index in [9.17, 15) is 8.42 Å². The van der Waals surface area contributed by atoms with Crippen molar-refractivity contribution in [3.8, 4) is 0 Å². The van der Waals surface area contributed by atoms with Crippen LogP contribution in [0.3, 0.4) is 0 Å². The lowest BCUT2D eigenvalue weighted by Gasteiger charge is -2.27. The number of fused-ring (bicyclic) bond motifs is 1. The van der Waals surface area contributed by atoms with Crippen molar-refractivity contribution in [1.82, 2.24) is 3.97 Å². The van der Waals surface area contributed by atoms with E-state index in [4.69, 9.17) is 0 Å². The van der Waals surface area contributed by atoms with Crippen LogP contribution in [0.5, 0.6) is 0 Å². The first-order valence-electron chi connectivity index (χ1n) is 6.20. The van der Waals surface area contributed by atoms with Crippen molar-refractivity contribution in [3.05, 3.63) is 60.8 Å². The summed E-state index contributed by atoms with van der Waals surface area (Å²) in [7, 11) is -3.47. The minimum absolute atomic E-state index is 0.498. The zero-order valence-electron chi connectivity index (χ0n) is 10.7. The molecule has 0 amide bonds. The summed E-state index contributed by atoms with van der Waals surface area (Å²) in [6.07, 6.45) is 9.47. The van der Waals surface area contributed by atoms with Gasteiger partial charge in [0.15, 0.2) is 0 Å². The standard InChI is InChI=1S/C15H15NO2S/c1-15(10-5-2-6-11-15)19(17,18)16-12-9-13-7-3-4-8-14(13)16/h2-10,12H,11H2,1H3. The average Bonchev–Trinajstić information content (AvgIpc) is 2.84. The molecule has 2 aromatic rings. The lowest BCUT2D eigenvalue weighted by Crippen LogP contribution is -2.37. The van der Waals surface area contributed by atoms with Crippen molar-refractivity contribution in [3.63, 3.8) is 0 Å². The van der Waals surface area contributed by atoms with Crippen molar-refractivity contribution in [2.24, 2.45) is 0 Å². The topological polar surface area (TPSA) is 39.1 Å². The van der Waals surface area contributed by atoms with Crippen LogP contribution in [0.25, 0.3) is 10.9 Å².